The topological polar surface area (TPSA) is 37.8 Å². The zero-order chi connectivity index (χ0) is 19.7. The Bertz CT molecular complexity index is 933. The first-order valence-corrected chi connectivity index (χ1v) is 7.58. The van der Waals surface area contributed by atoms with Crippen LogP contribution in [0.5, 0.6) is 0 Å². The van der Waals surface area contributed by atoms with E-state index >= 15 is 0 Å². The molecule has 1 N–H and O–H groups in total. The van der Waals surface area contributed by atoms with E-state index in [0.717, 1.165) is 24.3 Å². The minimum absolute atomic E-state index is 0.0460. The molecule has 0 aliphatic rings. The molecule has 0 amide bonds. The SMILES string of the molecule is FC(F)(F)c1ccc(Nc2nccc(-c3cccc(C(F)(F)F)c3)n2)cc1. The normalized spacial score (nSPS) is 12.1. The molecule has 2 aromatic carbocycles. The highest BCUT2D eigenvalue weighted by Gasteiger charge is 2.31. The van der Waals surface area contributed by atoms with Crippen LogP contribution in [-0.2, 0) is 12.4 Å². The van der Waals surface area contributed by atoms with E-state index in [2.05, 4.69) is 15.3 Å². The molecule has 9 heteroatoms. The summed E-state index contributed by atoms with van der Waals surface area (Å²) in [5, 5.41) is 2.73. The standard InChI is InChI=1S/C18H11F6N3/c19-17(20,21)12-4-6-14(7-5-12)26-16-25-9-8-15(27-16)11-2-1-3-13(10-11)18(22,23)24/h1-10H,(H,25,26,27). The van der Waals surface area contributed by atoms with Crippen LogP contribution < -0.4 is 5.32 Å². The molecule has 0 saturated heterocycles. The summed E-state index contributed by atoms with van der Waals surface area (Å²) in [7, 11) is 0. The third kappa shape index (κ3) is 4.55. The van der Waals surface area contributed by atoms with Crippen molar-refractivity contribution in [2.45, 2.75) is 12.4 Å². The predicted octanol–water partition coefficient (Wildman–Crippen LogP) is 5.92. The Hall–Kier alpha value is -3.10. The van der Waals surface area contributed by atoms with Gasteiger partial charge in [0, 0.05) is 17.4 Å². The summed E-state index contributed by atoms with van der Waals surface area (Å²) in [6, 6.07) is 10.3. The maximum atomic E-state index is 12.8. The summed E-state index contributed by atoms with van der Waals surface area (Å²) in [5.41, 5.74) is -0.819. The molecule has 0 aliphatic heterocycles. The van der Waals surface area contributed by atoms with Crippen LogP contribution in [0.25, 0.3) is 11.3 Å². The molecule has 0 fully saturated rings. The minimum Gasteiger partial charge on any atom is -0.324 e. The molecular formula is C18H11F6N3. The van der Waals surface area contributed by atoms with Crippen LogP contribution in [0, 0.1) is 0 Å². The maximum absolute atomic E-state index is 12.8. The van der Waals surface area contributed by atoms with E-state index in [1.807, 2.05) is 0 Å². The third-order valence-electron chi connectivity index (χ3n) is 3.61. The Morgan fingerprint density at radius 2 is 1.41 bits per heavy atom. The highest BCUT2D eigenvalue weighted by atomic mass is 19.4. The number of hydrogen-bond acceptors (Lipinski definition) is 3. The average molecular weight is 383 g/mol. The van der Waals surface area contributed by atoms with Gasteiger partial charge < -0.3 is 5.32 Å². The fraction of sp³-hybridized carbons (Fsp3) is 0.111. The van der Waals surface area contributed by atoms with Crippen LogP contribution in [0.3, 0.4) is 0 Å². The maximum Gasteiger partial charge on any atom is 0.416 e. The van der Waals surface area contributed by atoms with Crippen LogP contribution in [-0.4, -0.2) is 9.97 Å². The Labute approximate surface area is 149 Å². The van der Waals surface area contributed by atoms with Crippen molar-refractivity contribution in [3.05, 3.63) is 71.9 Å². The van der Waals surface area contributed by atoms with Gasteiger partial charge in [-0.2, -0.15) is 26.3 Å². The van der Waals surface area contributed by atoms with Crippen molar-refractivity contribution in [2.75, 3.05) is 5.32 Å². The zero-order valence-electron chi connectivity index (χ0n) is 13.4. The molecule has 0 spiro atoms. The summed E-state index contributed by atoms with van der Waals surface area (Å²) in [5.74, 6) is 0.0460. The highest BCUT2D eigenvalue weighted by molar-refractivity contribution is 5.63. The Balaban J connectivity index is 1.84. The van der Waals surface area contributed by atoms with Gasteiger partial charge >= 0.3 is 12.4 Å². The first-order valence-electron chi connectivity index (χ1n) is 7.58. The summed E-state index contributed by atoms with van der Waals surface area (Å²) in [6.07, 6.45) is -7.59. The van der Waals surface area contributed by atoms with E-state index in [-0.39, 0.29) is 17.2 Å². The minimum atomic E-state index is -4.48. The molecule has 3 rings (SSSR count). The fourth-order valence-corrected chi connectivity index (χ4v) is 2.31. The molecular weight excluding hydrogens is 372 g/mol. The molecule has 140 valence electrons. The lowest BCUT2D eigenvalue weighted by Crippen LogP contribution is -2.05. The van der Waals surface area contributed by atoms with Crippen molar-refractivity contribution in [3.8, 4) is 11.3 Å². The van der Waals surface area contributed by atoms with Crippen LogP contribution in [0.2, 0.25) is 0 Å². The van der Waals surface area contributed by atoms with E-state index in [0.29, 0.717) is 5.69 Å². The van der Waals surface area contributed by atoms with Crippen LogP contribution in [0.15, 0.2) is 60.8 Å². The smallest absolute Gasteiger partial charge is 0.324 e. The number of rotatable bonds is 3. The number of alkyl halides is 6. The first-order chi connectivity index (χ1) is 12.6. The number of anilines is 2. The monoisotopic (exact) mass is 383 g/mol. The molecule has 0 saturated carbocycles. The lowest BCUT2D eigenvalue weighted by molar-refractivity contribution is -0.138. The van der Waals surface area contributed by atoms with Crippen molar-refractivity contribution in [1.82, 2.24) is 9.97 Å². The van der Waals surface area contributed by atoms with Crippen LogP contribution in [0.1, 0.15) is 11.1 Å². The number of benzene rings is 2. The quantitative estimate of drug-likeness (QED) is 0.570. The number of nitrogens with one attached hydrogen (secondary N) is 1. The van der Waals surface area contributed by atoms with E-state index in [1.165, 1.54) is 36.5 Å². The number of halogens is 6. The van der Waals surface area contributed by atoms with E-state index in [9.17, 15) is 26.3 Å². The second-order valence-corrected chi connectivity index (χ2v) is 5.54. The Morgan fingerprint density at radius 1 is 0.741 bits per heavy atom. The van der Waals surface area contributed by atoms with Gasteiger partial charge in [0.25, 0.3) is 0 Å². The molecule has 27 heavy (non-hydrogen) atoms. The highest BCUT2D eigenvalue weighted by Crippen LogP contribution is 2.32. The first kappa shape index (κ1) is 18.7. The largest absolute Gasteiger partial charge is 0.416 e. The summed E-state index contributed by atoms with van der Waals surface area (Å²) in [6.45, 7) is 0. The Morgan fingerprint density at radius 3 is 2.04 bits per heavy atom. The predicted molar refractivity (Wildman–Crippen MR) is 87.2 cm³/mol. The average Bonchev–Trinajstić information content (AvgIpc) is 2.61. The van der Waals surface area contributed by atoms with Gasteiger partial charge in [0.2, 0.25) is 5.95 Å². The van der Waals surface area contributed by atoms with Gasteiger partial charge in [0.15, 0.2) is 0 Å². The van der Waals surface area contributed by atoms with Gasteiger partial charge in [0.05, 0.1) is 16.8 Å². The lowest BCUT2D eigenvalue weighted by Gasteiger charge is -2.10. The lowest BCUT2D eigenvalue weighted by atomic mass is 10.1. The van der Waals surface area contributed by atoms with Gasteiger partial charge in [-0.25, -0.2) is 9.97 Å². The van der Waals surface area contributed by atoms with Crippen molar-refractivity contribution in [1.29, 1.82) is 0 Å². The Kier molecular flexibility index (Phi) is 4.77. The zero-order valence-corrected chi connectivity index (χ0v) is 13.4. The molecule has 0 atom stereocenters. The van der Waals surface area contributed by atoms with Crippen molar-refractivity contribution >= 4 is 11.6 Å². The molecule has 3 nitrogen and oxygen atoms in total. The number of nitrogens with zero attached hydrogens (tertiary/aromatic N) is 2. The molecule has 1 aromatic heterocycles. The van der Waals surface area contributed by atoms with Gasteiger partial charge in [0.1, 0.15) is 0 Å². The van der Waals surface area contributed by atoms with Crippen molar-refractivity contribution in [3.63, 3.8) is 0 Å². The third-order valence-corrected chi connectivity index (χ3v) is 3.61. The van der Waals surface area contributed by atoms with Crippen molar-refractivity contribution in [2.24, 2.45) is 0 Å². The van der Waals surface area contributed by atoms with Crippen molar-refractivity contribution < 1.29 is 26.3 Å². The number of aromatic nitrogens is 2. The summed E-state index contributed by atoms with van der Waals surface area (Å²) < 4.78 is 76.3. The molecule has 0 aliphatic carbocycles. The second kappa shape index (κ2) is 6.90. The van der Waals surface area contributed by atoms with Gasteiger partial charge in [-0.05, 0) is 42.5 Å². The van der Waals surface area contributed by atoms with E-state index in [4.69, 9.17) is 0 Å². The molecule has 0 unspecified atom stereocenters. The van der Waals surface area contributed by atoms with Gasteiger partial charge in [-0.1, -0.05) is 12.1 Å². The van der Waals surface area contributed by atoms with Gasteiger partial charge in [-0.3, -0.25) is 0 Å². The van der Waals surface area contributed by atoms with Gasteiger partial charge in [-0.15, -0.1) is 0 Å². The molecule has 0 radical (unpaired) electrons. The molecule has 3 aromatic rings. The van der Waals surface area contributed by atoms with E-state index in [1.54, 1.807) is 0 Å². The van der Waals surface area contributed by atoms with Crippen LogP contribution in [0.4, 0.5) is 38.0 Å². The van der Waals surface area contributed by atoms with Crippen LogP contribution >= 0.6 is 0 Å². The molecule has 0 bridgehead atoms. The fourth-order valence-electron chi connectivity index (χ4n) is 2.31. The summed E-state index contributed by atoms with van der Waals surface area (Å²) in [4.78, 5) is 8.06. The summed E-state index contributed by atoms with van der Waals surface area (Å²) >= 11 is 0. The second-order valence-electron chi connectivity index (χ2n) is 5.54. The van der Waals surface area contributed by atoms with E-state index < -0.39 is 23.5 Å². The molecule has 1 heterocycles. The number of hydrogen-bond donors (Lipinski definition) is 1.